The van der Waals surface area contributed by atoms with Crippen molar-refractivity contribution >= 4 is 46.1 Å². The smallest absolute Gasteiger partial charge is 0.300 e. The Labute approximate surface area is 187 Å². The average Bonchev–Trinajstić information content (AvgIpc) is 3.37. The van der Waals surface area contributed by atoms with Crippen molar-refractivity contribution in [1.82, 2.24) is 0 Å². The standard InChI is InChI=1S/C23H17ClFNO4S/c1-12-5-7-14(11-16(12)24)26-20(18-4-3-9-31-18)19(22(28)23(26)29)21(27)15-10-13(25)6-8-17(15)30-2/h3-11,20,27H,1-2H3/b21-19-. The molecule has 0 saturated carbocycles. The molecule has 1 aromatic heterocycles. The lowest BCUT2D eigenvalue weighted by atomic mass is 9.99. The largest absolute Gasteiger partial charge is 0.507 e. The third kappa shape index (κ3) is 3.60. The van der Waals surface area contributed by atoms with Gasteiger partial charge in [-0.15, -0.1) is 11.3 Å². The minimum Gasteiger partial charge on any atom is -0.507 e. The first kappa shape index (κ1) is 21.1. The molecule has 4 rings (SSSR count). The van der Waals surface area contributed by atoms with Gasteiger partial charge in [0.2, 0.25) is 0 Å². The van der Waals surface area contributed by atoms with Gasteiger partial charge in [0.1, 0.15) is 23.4 Å². The van der Waals surface area contributed by atoms with Crippen LogP contribution >= 0.6 is 22.9 Å². The van der Waals surface area contributed by atoms with Crippen LogP contribution in [0.15, 0.2) is 59.5 Å². The number of Topliss-reactive ketones (excluding diaryl/α,β-unsaturated/α-hetero) is 1. The monoisotopic (exact) mass is 457 g/mol. The number of anilines is 1. The number of aliphatic hydroxyl groups is 1. The van der Waals surface area contributed by atoms with Crippen LogP contribution in [-0.4, -0.2) is 23.9 Å². The zero-order chi connectivity index (χ0) is 22.3. The molecule has 31 heavy (non-hydrogen) atoms. The Balaban J connectivity index is 1.97. The predicted octanol–water partition coefficient (Wildman–Crippen LogP) is 5.48. The third-order valence-corrected chi connectivity index (χ3v) is 6.44. The highest BCUT2D eigenvalue weighted by molar-refractivity contribution is 7.10. The van der Waals surface area contributed by atoms with Crippen molar-refractivity contribution in [1.29, 1.82) is 0 Å². The fraction of sp³-hybridized carbons (Fsp3) is 0.130. The normalized spacial score (nSPS) is 17.9. The van der Waals surface area contributed by atoms with Crippen LogP contribution in [0, 0.1) is 12.7 Å². The van der Waals surface area contributed by atoms with Crippen molar-refractivity contribution in [2.75, 3.05) is 12.0 Å². The van der Waals surface area contributed by atoms with Crippen LogP contribution in [-0.2, 0) is 9.59 Å². The zero-order valence-corrected chi connectivity index (χ0v) is 18.1. The lowest BCUT2D eigenvalue weighted by Gasteiger charge is -2.24. The van der Waals surface area contributed by atoms with E-state index in [9.17, 15) is 19.1 Å². The summed E-state index contributed by atoms with van der Waals surface area (Å²) in [5.74, 6) is -2.63. The molecule has 2 aromatic carbocycles. The van der Waals surface area contributed by atoms with Crippen LogP contribution in [0.25, 0.3) is 5.76 Å². The number of halogens is 2. The number of thiophene rings is 1. The summed E-state index contributed by atoms with van der Waals surface area (Å²) >= 11 is 7.59. The van der Waals surface area contributed by atoms with Crippen molar-refractivity contribution in [3.63, 3.8) is 0 Å². The van der Waals surface area contributed by atoms with E-state index < -0.39 is 29.3 Å². The van der Waals surface area contributed by atoms with Crippen LogP contribution < -0.4 is 9.64 Å². The summed E-state index contributed by atoms with van der Waals surface area (Å²) in [5.41, 5.74) is 1.08. The summed E-state index contributed by atoms with van der Waals surface area (Å²) in [6.45, 7) is 1.83. The van der Waals surface area contributed by atoms with Crippen LogP contribution in [0.5, 0.6) is 5.75 Å². The average molecular weight is 458 g/mol. The molecule has 5 nitrogen and oxygen atoms in total. The van der Waals surface area contributed by atoms with Gasteiger partial charge in [-0.1, -0.05) is 23.7 Å². The molecule has 2 heterocycles. The van der Waals surface area contributed by atoms with Gasteiger partial charge in [-0.25, -0.2) is 4.39 Å². The van der Waals surface area contributed by atoms with Gasteiger partial charge in [0.25, 0.3) is 11.7 Å². The summed E-state index contributed by atoms with van der Waals surface area (Å²) in [4.78, 5) is 28.1. The number of aliphatic hydroxyl groups excluding tert-OH is 1. The van der Waals surface area contributed by atoms with Gasteiger partial charge in [-0.05, 0) is 54.3 Å². The molecule has 1 N–H and O–H groups in total. The van der Waals surface area contributed by atoms with Gasteiger partial charge in [0.05, 0.1) is 18.2 Å². The second-order valence-electron chi connectivity index (χ2n) is 6.96. The Hall–Kier alpha value is -3.16. The molecule has 1 fully saturated rings. The van der Waals surface area contributed by atoms with E-state index in [4.69, 9.17) is 16.3 Å². The lowest BCUT2D eigenvalue weighted by molar-refractivity contribution is -0.132. The quantitative estimate of drug-likeness (QED) is 0.320. The fourth-order valence-corrected chi connectivity index (χ4v) is 4.56. The van der Waals surface area contributed by atoms with E-state index >= 15 is 0 Å². The first-order valence-corrected chi connectivity index (χ1v) is 10.5. The Bertz CT molecular complexity index is 1220. The molecule has 1 saturated heterocycles. The molecular formula is C23H17ClFNO4S. The molecule has 1 aliphatic rings. The molecule has 0 bridgehead atoms. The number of benzene rings is 2. The van der Waals surface area contributed by atoms with Crippen molar-refractivity contribution in [3.05, 3.63) is 86.3 Å². The fourth-order valence-electron chi connectivity index (χ4n) is 3.56. The Morgan fingerprint density at radius 2 is 1.97 bits per heavy atom. The number of hydrogen-bond acceptors (Lipinski definition) is 5. The zero-order valence-electron chi connectivity index (χ0n) is 16.6. The maximum atomic E-state index is 13.9. The highest BCUT2D eigenvalue weighted by Gasteiger charge is 2.47. The number of hydrogen-bond donors (Lipinski definition) is 1. The third-order valence-electron chi connectivity index (χ3n) is 5.11. The number of aryl methyl sites for hydroxylation is 1. The van der Waals surface area contributed by atoms with Gasteiger partial charge < -0.3 is 9.84 Å². The van der Waals surface area contributed by atoms with E-state index in [1.165, 1.54) is 35.5 Å². The van der Waals surface area contributed by atoms with Crippen LogP contribution in [0.2, 0.25) is 5.02 Å². The van der Waals surface area contributed by atoms with Crippen molar-refractivity contribution < 1.29 is 23.8 Å². The molecule has 0 radical (unpaired) electrons. The molecule has 1 amide bonds. The molecule has 3 aromatic rings. The molecule has 0 spiro atoms. The number of methoxy groups -OCH3 is 1. The highest BCUT2D eigenvalue weighted by atomic mass is 35.5. The SMILES string of the molecule is COc1ccc(F)cc1/C(O)=C1/C(=O)C(=O)N(c2ccc(C)c(Cl)c2)C1c1cccs1. The number of carbonyl (C=O) groups excluding carboxylic acids is 2. The maximum Gasteiger partial charge on any atom is 0.300 e. The number of ketones is 1. The van der Waals surface area contributed by atoms with Crippen molar-refractivity contribution in [2.24, 2.45) is 0 Å². The summed E-state index contributed by atoms with van der Waals surface area (Å²) in [6, 6.07) is 11.3. The lowest BCUT2D eigenvalue weighted by Crippen LogP contribution is -2.29. The summed E-state index contributed by atoms with van der Waals surface area (Å²) in [7, 11) is 1.37. The molecule has 158 valence electrons. The van der Waals surface area contributed by atoms with E-state index in [-0.39, 0.29) is 16.9 Å². The number of nitrogens with zero attached hydrogens (tertiary/aromatic N) is 1. The second-order valence-corrected chi connectivity index (χ2v) is 8.35. The second kappa shape index (κ2) is 8.17. The summed E-state index contributed by atoms with van der Waals surface area (Å²) in [5, 5.41) is 13.3. The molecule has 8 heteroatoms. The number of ether oxygens (including phenoxy) is 1. The van der Waals surface area contributed by atoms with Gasteiger partial charge in [0.15, 0.2) is 0 Å². The molecule has 1 unspecified atom stereocenters. The number of carbonyl (C=O) groups is 2. The molecule has 0 aliphatic carbocycles. The van der Waals surface area contributed by atoms with Gasteiger partial charge in [-0.2, -0.15) is 0 Å². The van der Waals surface area contributed by atoms with E-state index in [1.54, 1.807) is 35.7 Å². The first-order chi connectivity index (χ1) is 14.8. The molecule has 1 aliphatic heterocycles. The highest BCUT2D eigenvalue weighted by Crippen LogP contribution is 2.45. The minimum atomic E-state index is -0.897. The molecular weight excluding hydrogens is 441 g/mol. The topological polar surface area (TPSA) is 66.8 Å². The Kier molecular flexibility index (Phi) is 5.56. The van der Waals surface area contributed by atoms with Crippen LogP contribution in [0.3, 0.4) is 0 Å². The Morgan fingerprint density at radius 3 is 2.61 bits per heavy atom. The minimum absolute atomic E-state index is 0.0102. The van der Waals surface area contributed by atoms with Gasteiger partial charge >= 0.3 is 0 Å². The Morgan fingerprint density at radius 1 is 1.19 bits per heavy atom. The van der Waals surface area contributed by atoms with E-state index in [2.05, 4.69) is 0 Å². The van der Waals surface area contributed by atoms with Crippen molar-refractivity contribution in [2.45, 2.75) is 13.0 Å². The van der Waals surface area contributed by atoms with Crippen LogP contribution in [0.1, 0.15) is 22.0 Å². The molecule has 1 atom stereocenters. The van der Waals surface area contributed by atoms with Crippen LogP contribution in [0.4, 0.5) is 10.1 Å². The van der Waals surface area contributed by atoms with E-state index in [0.29, 0.717) is 15.6 Å². The number of amides is 1. The maximum absolute atomic E-state index is 13.9. The van der Waals surface area contributed by atoms with Crippen molar-refractivity contribution in [3.8, 4) is 5.75 Å². The number of rotatable bonds is 4. The predicted molar refractivity (Wildman–Crippen MR) is 118 cm³/mol. The summed E-state index contributed by atoms with van der Waals surface area (Å²) < 4.78 is 19.2. The van der Waals surface area contributed by atoms with E-state index in [0.717, 1.165) is 11.6 Å². The van der Waals surface area contributed by atoms with Gasteiger partial charge in [-0.3, -0.25) is 14.5 Å². The van der Waals surface area contributed by atoms with E-state index in [1.807, 2.05) is 6.92 Å². The summed E-state index contributed by atoms with van der Waals surface area (Å²) in [6.07, 6.45) is 0. The van der Waals surface area contributed by atoms with Gasteiger partial charge in [0, 0.05) is 15.6 Å². The first-order valence-electron chi connectivity index (χ1n) is 9.28.